The van der Waals surface area contributed by atoms with Crippen LogP contribution in [0.4, 0.5) is 4.39 Å². The Bertz CT molecular complexity index is 784. The van der Waals surface area contributed by atoms with Crippen molar-refractivity contribution in [3.8, 4) is 11.8 Å². The van der Waals surface area contributed by atoms with Crippen LogP contribution in [0.5, 0.6) is 11.8 Å². The number of hydrogen-bond acceptors (Lipinski definition) is 4. The van der Waals surface area contributed by atoms with Crippen molar-refractivity contribution in [2.75, 3.05) is 0 Å². The molecule has 19 heavy (non-hydrogen) atoms. The van der Waals surface area contributed by atoms with E-state index in [1.54, 1.807) is 6.07 Å². The Morgan fingerprint density at radius 1 is 1.16 bits per heavy atom. The highest BCUT2D eigenvalue weighted by molar-refractivity contribution is 5.76. The number of rotatable bonds is 2. The lowest BCUT2D eigenvalue weighted by Gasteiger charge is -2.04. The Morgan fingerprint density at radius 3 is 2.74 bits per heavy atom. The van der Waals surface area contributed by atoms with Gasteiger partial charge in [0.05, 0.1) is 17.1 Å². The number of benzene rings is 1. The van der Waals surface area contributed by atoms with E-state index in [-0.39, 0.29) is 17.4 Å². The molecule has 3 rings (SSSR count). The van der Waals surface area contributed by atoms with E-state index in [2.05, 4.69) is 15.0 Å². The zero-order chi connectivity index (χ0) is 13.2. The third kappa shape index (κ3) is 2.28. The van der Waals surface area contributed by atoms with E-state index in [0.717, 1.165) is 0 Å². The SMILES string of the molecule is O=c1[nH]c(Oc2ccc(F)cc2)nc2cnccc12. The number of ether oxygens (including phenoxy) is 1. The molecule has 0 unspecified atom stereocenters. The Balaban J connectivity index is 2.01. The van der Waals surface area contributed by atoms with Gasteiger partial charge in [0.25, 0.3) is 5.56 Å². The van der Waals surface area contributed by atoms with Gasteiger partial charge in [-0.1, -0.05) is 0 Å². The van der Waals surface area contributed by atoms with Crippen LogP contribution in [0.3, 0.4) is 0 Å². The molecule has 0 saturated heterocycles. The van der Waals surface area contributed by atoms with E-state index < -0.39 is 0 Å². The minimum Gasteiger partial charge on any atom is -0.426 e. The summed E-state index contributed by atoms with van der Waals surface area (Å²) in [6, 6.07) is 7.03. The molecule has 5 nitrogen and oxygen atoms in total. The molecule has 0 aliphatic rings. The quantitative estimate of drug-likeness (QED) is 0.764. The Labute approximate surface area is 106 Å². The van der Waals surface area contributed by atoms with Crippen LogP contribution in [0.2, 0.25) is 0 Å². The van der Waals surface area contributed by atoms with Crippen LogP contribution in [0.25, 0.3) is 10.9 Å². The van der Waals surface area contributed by atoms with Crippen LogP contribution < -0.4 is 10.3 Å². The Kier molecular flexibility index (Phi) is 2.68. The molecule has 0 saturated carbocycles. The number of hydrogen-bond donors (Lipinski definition) is 1. The van der Waals surface area contributed by atoms with E-state index in [1.807, 2.05) is 0 Å². The van der Waals surface area contributed by atoms with Gasteiger partial charge in [-0.3, -0.25) is 14.8 Å². The predicted molar refractivity (Wildman–Crippen MR) is 66.6 cm³/mol. The molecule has 0 bridgehead atoms. The van der Waals surface area contributed by atoms with E-state index in [9.17, 15) is 9.18 Å². The molecular formula is C13H8FN3O2. The number of fused-ring (bicyclic) bond motifs is 1. The molecule has 2 aromatic heterocycles. The van der Waals surface area contributed by atoms with Crippen LogP contribution in [0, 0.1) is 5.82 Å². The fourth-order valence-electron chi connectivity index (χ4n) is 1.63. The Morgan fingerprint density at radius 2 is 1.95 bits per heavy atom. The first-order valence-corrected chi connectivity index (χ1v) is 5.50. The molecule has 0 amide bonds. The number of aromatic amines is 1. The maximum Gasteiger partial charge on any atom is 0.302 e. The number of aromatic nitrogens is 3. The first-order valence-electron chi connectivity index (χ1n) is 5.50. The summed E-state index contributed by atoms with van der Waals surface area (Å²) in [6.45, 7) is 0. The lowest BCUT2D eigenvalue weighted by molar-refractivity contribution is 0.441. The van der Waals surface area contributed by atoms with Crippen molar-refractivity contribution in [1.82, 2.24) is 15.0 Å². The van der Waals surface area contributed by atoms with Gasteiger partial charge in [0.15, 0.2) is 0 Å². The molecule has 1 aromatic carbocycles. The zero-order valence-electron chi connectivity index (χ0n) is 9.63. The smallest absolute Gasteiger partial charge is 0.302 e. The average Bonchev–Trinajstić information content (AvgIpc) is 2.42. The first kappa shape index (κ1) is 11.3. The highest BCUT2D eigenvalue weighted by atomic mass is 19.1. The molecule has 0 radical (unpaired) electrons. The van der Waals surface area contributed by atoms with Gasteiger partial charge in [0, 0.05) is 6.20 Å². The Hall–Kier alpha value is -2.76. The van der Waals surface area contributed by atoms with Crippen LogP contribution in [-0.4, -0.2) is 15.0 Å². The van der Waals surface area contributed by atoms with Crippen LogP contribution in [0.15, 0.2) is 47.5 Å². The molecule has 0 aliphatic heterocycles. The second-order valence-electron chi connectivity index (χ2n) is 3.82. The summed E-state index contributed by atoms with van der Waals surface area (Å²) >= 11 is 0. The molecule has 3 aromatic rings. The summed E-state index contributed by atoms with van der Waals surface area (Å²) in [5, 5.41) is 0.432. The maximum atomic E-state index is 12.8. The van der Waals surface area contributed by atoms with Crippen molar-refractivity contribution in [2.45, 2.75) is 0 Å². The number of pyridine rings is 1. The van der Waals surface area contributed by atoms with E-state index in [1.165, 1.54) is 36.7 Å². The summed E-state index contributed by atoms with van der Waals surface area (Å²) in [7, 11) is 0. The molecule has 6 heteroatoms. The van der Waals surface area contributed by atoms with Gasteiger partial charge in [0.1, 0.15) is 11.6 Å². The van der Waals surface area contributed by atoms with Crippen molar-refractivity contribution < 1.29 is 9.13 Å². The monoisotopic (exact) mass is 257 g/mol. The molecule has 2 heterocycles. The van der Waals surface area contributed by atoms with E-state index >= 15 is 0 Å². The van der Waals surface area contributed by atoms with Crippen LogP contribution in [-0.2, 0) is 0 Å². The number of halogens is 1. The van der Waals surface area contributed by atoms with Crippen LogP contribution in [0.1, 0.15) is 0 Å². The van der Waals surface area contributed by atoms with Gasteiger partial charge in [-0.15, -0.1) is 0 Å². The minimum absolute atomic E-state index is 0.0390. The maximum absolute atomic E-state index is 12.8. The van der Waals surface area contributed by atoms with E-state index in [0.29, 0.717) is 16.7 Å². The molecule has 1 N–H and O–H groups in total. The second-order valence-corrected chi connectivity index (χ2v) is 3.82. The van der Waals surface area contributed by atoms with Gasteiger partial charge in [-0.2, -0.15) is 4.98 Å². The topological polar surface area (TPSA) is 67.9 Å². The second kappa shape index (κ2) is 4.49. The lowest BCUT2D eigenvalue weighted by Crippen LogP contribution is -2.09. The van der Waals surface area contributed by atoms with Gasteiger partial charge in [-0.25, -0.2) is 4.39 Å². The average molecular weight is 257 g/mol. The molecule has 0 spiro atoms. The summed E-state index contributed by atoms with van der Waals surface area (Å²) in [5.41, 5.74) is 0.118. The first-order chi connectivity index (χ1) is 9.22. The summed E-state index contributed by atoms with van der Waals surface area (Å²) < 4.78 is 18.1. The molecule has 0 aliphatic carbocycles. The minimum atomic E-state index is -0.364. The van der Waals surface area contributed by atoms with Crippen molar-refractivity contribution >= 4 is 10.9 Å². The van der Waals surface area contributed by atoms with Crippen molar-refractivity contribution in [3.05, 3.63) is 58.9 Å². The fraction of sp³-hybridized carbons (Fsp3) is 0. The van der Waals surface area contributed by atoms with Gasteiger partial charge >= 0.3 is 6.01 Å². The lowest BCUT2D eigenvalue weighted by atomic mass is 10.3. The summed E-state index contributed by atoms with van der Waals surface area (Å²) in [4.78, 5) is 22.3. The van der Waals surface area contributed by atoms with E-state index in [4.69, 9.17) is 4.74 Å². The molecule has 94 valence electrons. The van der Waals surface area contributed by atoms with Crippen molar-refractivity contribution in [3.63, 3.8) is 0 Å². The van der Waals surface area contributed by atoms with Gasteiger partial charge in [-0.05, 0) is 30.3 Å². The molecule has 0 atom stereocenters. The third-order valence-corrected chi connectivity index (χ3v) is 2.52. The van der Waals surface area contributed by atoms with Crippen molar-refractivity contribution in [1.29, 1.82) is 0 Å². The molecule has 0 fully saturated rings. The highest BCUT2D eigenvalue weighted by Gasteiger charge is 2.05. The standard InChI is InChI=1S/C13H8FN3O2/c14-8-1-3-9(4-2-8)19-13-16-11-7-15-6-5-10(11)12(18)17-13/h1-7H,(H,16,17,18). The van der Waals surface area contributed by atoms with Crippen molar-refractivity contribution in [2.24, 2.45) is 0 Å². The largest absolute Gasteiger partial charge is 0.426 e. The summed E-state index contributed by atoms with van der Waals surface area (Å²) in [5.74, 6) is 0.0179. The zero-order valence-corrected chi connectivity index (χ0v) is 9.63. The highest BCUT2D eigenvalue weighted by Crippen LogP contribution is 2.18. The number of nitrogens with one attached hydrogen (secondary N) is 1. The predicted octanol–water partition coefficient (Wildman–Crippen LogP) is 2.25. The number of H-pyrrole nitrogens is 1. The van der Waals surface area contributed by atoms with Gasteiger partial charge < -0.3 is 4.74 Å². The molecular weight excluding hydrogens is 249 g/mol. The fourth-order valence-corrected chi connectivity index (χ4v) is 1.63. The third-order valence-electron chi connectivity index (χ3n) is 2.52. The summed E-state index contributed by atoms with van der Waals surface area (Å²) in [6.07, 6.45) is 2.99. The van der Waals surface area contributed by atoms with Crippen LogP contribution >= 0.6 is 0 Å². The normalized spacial score (nSPS) is 10.6. The van der Waals surface area contributed by atoms with Gasteiger partial charge in [0.2, 0.25) is 0 Å². The number of nitrogens with zero attached hydrogens (tertiary/aromatic N) is 2.